The summed E-state index contributed by atoms with van der Waals surface area (Å²) in [5, 5.41) is 8.43. The lowest BCUT2D eigenvalue weighted by Gasteiger charge is -2.19. The maximum Gasteiger partial charge on any atom is 0.262 e. The standard InChI is InChI=1S/C24H22N4O4/c1-15-12-22(26-24-23(15)16(2)27-28(24)18-6-4-3-5-7-18)32-14-21(29)25-17-8-9-19-20(13-17)31-11-10-30-19/h3-9,12-13H,10-11,14H2,1-2H3,(H,25,29). The van der Waals surface area contributed by atoms with Gasteiger partial charge >= 0.3 is 0 Å². The number of pyridine rings is 1. The fraction of sp³-hybridized carbons (Fsp3) is 0.208. The van der Waals surface area contributed by atoms with Gasteiger partial charge in [0.15, 0.2) is 23.8 Å². The Balaban J connectivity index is 1.33. The Morgan fingerprint density at radius 1 is 1.06 bits per heavy atom. The summed E-state index contributed by atoms with van der Waals surface area (Å²) in [4.78, 5) is 17.1. The second-order valence-corrected chi connectivity index (χ2v) is 7.50. The van der Waals surface area contributed by atoms with E-state index < -0.39 is 0 Å². The Morgan fingerprint density at radius 3 is 2.66 bits per heavy atom. The normalized spacial score (nSPS) is 12.6. The van der Waals surface area contributed by atoms with Crippen LogP contribution >= 0.6 is 0 Å². The minimum Gasteiger partial charge on any atom is -0.486 e. The molecule has 8 heteroatoms. The van der Waals surface area contributed by atoms with Gasteiger partial charge in [0.2, 0.25) is 5.88 Å². The summed E-state index contributed by atoms with van der Waals surface area (Å²) >= 11 is 0. The number of rotatable bonds is 5. The predicted molar refractivity (Wildman–Crippen MR) is 120 cm³/mol. The molecule has 1 aliphatic heterocycles. The predicted octanol–water partition coefficient (Wildman–Crippen LogP) is 3.83. The van der Waals surface area contributed by atoms with Crippen molar-refractivity contribution in [3.05, 3.63) is 65.9 Å². The van der Waals surface area contributed by atoms with E-state index >= 15 is 0 Å². The number of aromatic nitrogens is 3. The van der Waals surface area contributed by atoms with E-state index in [4.69, 9.17) is 14.2 Å². The van der Waals surface area contributed by atoms with Gasteiger partial charge < -0.3 is 19.5 Å². The number of ether oxygens (including phenoxy) is 3. The van der Waals surface area contributed by atoms with E-state index in [0.717, 1.165) is 22.3 Å². The number of nitrogens with zero attached hydrogens (tertiary/aromatic N) is 3. The number of amides is 1. The number of carbonyl (C=O) groups is 1. The summed E-state index contributed by atoms with van der Waals surface area (Å²) in [6.45, 7) is 4.77. The largest absolute Gasteiger partial charge is 0.486 e. The van der Waals surface area contributed by atoms with E-state index in [1.165, 1.54) is 0 Å². The van der Waals surface area contributed by atoms with Crippen LogP contribution in [-0.4, -0.2) is 40.5 Å². The van der Waals surface area contributed by atoms with Crippen molar-refractivity contribution >= 4 is 22.6 Å². The third kappa shape index (κ3) is 3.82. The molecule has 0 saturated carbocycles. The molecule has 0 aliphatic carbocycles. The Kier molecular flexibility index (Phi) is 5.10. The van der Waals surface area contributed by atoms with Gasteiger partial charge in [-0.15, -0.1) is 0 Å². The molecule has 1 aliphatic rings. The number of anilines is 1. The molecule has 0 atom stereocenters. The van der Waals surface area contributed by atoms with Gasteiger partial charge in [0.25, 0.3) is 5.91 Å². The summed E-state index contributed by atoms with van der Waals surface area (Å²) in [6, 6.07) is 16.9. The molecular formula is C24H22N4O4. The number of aryl methyl sites for hydroxylation is 2. The third-order valence-corrected chi connectivity index (χ3v) is 5.16. The number of benzene rings is 2. The van der Waals surface area contributed by atoms with Crippen molar-refractivity contribution in [1.82, 2.24) is 14.8 Å². The second kappa shape index (κ2) is 8.22. The Morgan fingerprint density at radius 2 is 1.84 bits per heavy atom. The maximum absolute atomic E-state index is 12.4. The second-order valence-electron chi connectivity index (χ2n) is 7.50. The first-order chi connectivity index (χ1) is 15.6. The van der Waals surface area contributed by atoms with Crippen LogP contribution in [0, 0.1) is 13.8 Å². The summed E-state index contributed by atoms with van der Waals surface area (Å²) in [5.74, 6) is 1.35. The number of para-hydroxylation sites is 1. The van der Waals surface area contributed by atoms with Gasteiger partial charge in [-0.2, -0.15) is 10.1 Å². The van der Waals surface area contributed by atoms with Crippen LogP contribution in [-0.2, 0) is 4.79 Å². The average molecular weight is 430 g/mol. The van der Waals surface area contributed by atoms with E-state index in [2.05, 4.69) is 15.4 Å². The van der Waals surface area contributed by atoms with Gasteiger partial charge in [-0.3, -0.25) is 4.79 Å². The van der Waals surface area contributed by atoms with E-state index in [1.807, 2.05) is 50.2 Å². The molecule has 162 valence electrons. The van der Waals surface area contributed by atoms with Crippen LogP contribution in [0.25, 0.3) is 16.7 Å². The molecule has 0 radical (unpaired) electrons. The fourth-order valence-corrected chi connectivity index (χ4v) is 3.75. The van der Waals surface area contributed by atoms with Gasteiger partial charge in [0.1, 0.15) is 13.2 Å². The minimum absolute atomic E-state index is 0.176. The van der Waals surface area contributed by atoms with Crippen molar-refractivity contribution < 1.29 is 19.0 Å². The zero-order chi connectivity index (χ0) is 22.1. The van der Waals surface area contributed by atoms with E-state index in [-0.39, 0.29) is 12.5 Å². The highest BCUT2D eigenvalue weighted by Gasteiger charge is 2.16. The van der Waals surface area contributed by atoms with Gasteiger partial charge in [-0.1, -0.05) is 18.2 Å². The van der Waals surface area contributed by atoms with Crippen LogP contribution < -0.4 is 19.5 Å². The Hall–Kier alpha value is -4.07. The summed E-state index contributed by atoms with van der Waals surface area (Å²) in [5.41, 5.74) is 4.08. The molecule has 0 fully saturated rings. The van der Waals surface area contributed by atoms with Crippen molar-refractivity contribution in [2.45, 2.75) is 13.8 Å². The van der Waals surface area contributed by atoms with Crippen LogP contribution in [0.1, 0.15) is 11.3 Å². The number of fused-ring (bicyclic) bond motifs is 2. The molecule has 0 unspecified atom stereocenters. The number of hydrogen-bond acceptors (Lipinski definition) is 6. The maximum atomic E-state index is 12.4. The molecule has 2 aromatic carbocycles. The summed E-state index contributed by atoms with van der Waals surface area (Å²) in [7, 11) is 0. The first-order valence-electron chi connectivity index (χ1n) is 10.3. The molecule has 5 rings (SSSR count). The van der Waals surface area contributed by atoms with Crippen molar-refractivity contribution in [3.8, 4) is 23.1 Å². The molecule has 32 heavy (non-hydrogen) atoms. The minimum atomic E-state index is -0.297. The molecule has 4 aromatic rings. The highest BCUT2D eigenvalue weighted by atomic mass is 16.6. The van der Waals surface area contributed by atoms with Crippen LogP contribution in [0.2, 0.25) is 0 Å². The zero-order valence-electron chi connectivity index (χ0n) is 17.8. The lowest BCUT2D eigenvalue weighted by Crippen LogP contribution is -2.21. The molecule has 0 saturated heterocycles. The quantitative estimate of drug-likeness (QED) is 0.518. The molecule has 0 bridgehead atoms. The fourth-order valence-electron chi connectivity index (χ4n) is 3.75. The lowest BCUT2D eigenvalue weighted by molar-refractivity contribution is -0.118. The van der Waals surface area contributed by atoms with Gasteiger partial charge in [0, 0.05) is 23.2 Å². The molecule has 2 aromatic heterocycles. The molecule has 8 nitrogen and oxygen atoms in total. The van der Waals surface area contributed by atoms with Crippen LogP contribution in [0.15, 0.2) is 54.6 Å². The highest BCUT2D eigenvalue weighted by molar-refractivity contribution is 5.92. The van der Waals surface area contributed by atoms with Crippen molar-refractivity contribution in [3.63, 3.8) is 0 Å². The van der Waals surface area contributed by atoms with Crippen molar-refractivity contribution in [1.29, 1.82) is 0 Å². The van der Waals surface area contributed by atoms with Crippen LogP contribution in [0.3, 0.4) is 0 Å². The topological polar surface area (TPSA) is 87.5 Å². The highest BCUT2D eigenvalue weighted by Crippen LogP contribution is 2.32. The molecular weight excluding hydrogens is 408 g/mol. The monoisotopic (exact) mass is 430 g/mol. The summed E-state index contributed by atoms with van der Waals surface area (Å²) in [6.07, 6.45) is 0. The Labute approximate surface area is 184 Å². The molecule has 3 heterocycles. The van der Waals surface area contributed by atoms with E-state index in [0.29, 0.717) is 41.9 Å². The van der Waals surface area contributed by atoms with Gasteiger partial charge in [-0.25, -0.2) is 4.68 Å². The molecule has 1 amide bonds. The van der Waals surface area contributed by atoms with E-state index in [9.17, 15) is 4.79 Å². The molecule has 1 N–H and O–H groups in total. The van der Waals surface area contributed by atoms with Crippen molar-refractivity contribution in [2.24, 2.45) is 0 Å². The zero-order valence-corrected chi connectivity index (χ0v) is 17.8. The molecule has 0 spiro atoms. The van der Waals surface area contributed by atoms with Gasteiger partial charge in [0.05, 0.1) is 11.4 Å². The SMILES string of the molecule is Cc1cc(OCC(=O)Nc2ccc3c(c2)OCCO3)nc2c1c(C)nn2-c1ccccc1. The average Bonchev–Trinajstić information content (AvgIpc) is 3.15. The lowest BCUT2D eigenvalue weighted by atomic mass is 10.2. The first kappa shape index (κ1) is 19.9. The third-order valence-electron chi connectivity index (χ3n) is 5.16. The van der Waals surface area contributed by atoms with E-state index in [1.54, 1.807) is 22.9 Å². The Bertz CT molecular complexity index is 1300. The number of hydrogen-bond donors (Lipinski definition) is 1. The van der Waals surface area contributed by atoms with Crippen LogP contribution in [0.4, 0.5) is 5.69 Å². The number of carbonyl (C=O) groups excluding carboxylic acids is 1. The van der Waals surface area contributed by atoms with Crippen LogP contribution in [0.5, 0.6) is 17.4 Å². The first-order valence-corrected chi connectivity index (χ1v) is 10.3. The number of nitrogens with one attached hydrogen (secondary N) is 1. The summed E-state index contributed by atoms with van der Waals surface area (Å²) < 4.78 is 18.6. The smallest absolute Gasteiger partial charge is 0.262 e. The van der Waals surface area contributed by atoms with Gasteiger partial charge in [-0.05, 0) is 43.7 Å². The van der Waals surface area contributed by atoms with Crippen molar-refractivity contribution in [2.75, 3.05) is 25.1 Å².